The number of ether oxygens (including phenoxy) is 1. The van der Waals surface area contributed by atoms with Crippen molar-refractivity contribution in [1.29, 1.82) is 0 Å². The van der Waals surface area contributed by atoms with E-state index in [0.29, 0.717) is 13.0 Å². The van der Waals surface area contributed by atoms with Gasteiger partial charge in [0.1, 0.15) is 5.75 Å². The topological polar surface area (TPSA) is 32.8 Å². The van der Waals surface area contributed by atoms with E-state index in [4.69, 9.17) is 4.74 Å². The molecule has 0 unspecified atom stereocenters. The van der Waals surface area contributed by atoms with E-state index in [0.717, 1.165) is 44.9 Å². The highest BCUT2D eigenvalue weighted by Gasteiger charge is 2.20. The predicted octanol–water partition coefficient (Wildman–Crippen LogP) is 3.50. The fourth-order valence-electron chi connectivity index (χ4n) is 3.27. The average Bonchev–Trinajstić information content (AvgIpc) is 2.66. The summed E-state index contributed by atoms with van der Waals surface area (Å²) >= 11 is 0. The minimum atomic E-state index is 0.247. The molecule has 1 aliphatic rings. The Morgan fingerprint density at radius 2 is 1.77 bits per heavy atom. The maximum absolute atomic E-state index is 12.4. The molecule has 1 amide bonds. The molecule has 0 radical (unpaired) electrons. The second kappa shape index (κ2) is 9.39. The highest BCUT2D eigenvalue weighted by Crippen LogP contribution is 2.13. The summed E-state index contributed by atoms with van der Waals surface area (Å²) in [6.07, 6.45) is 1.32. The maximum atomic E-state index is 12.4. The molecule has 1 saturated heterocycles. The molecule has 4 heteroatoms. The van der Waals surface area contributed by atoms with Gasteiger partial charge in [0.2, 0.25) is 5.91 Å². The summed E-state index contributed by atoms with van der Waals surface area (Å²) < 4.78 is 5.73. The average molecular weight is 352 g/mol. The molecule has 0 aromatic heterocycles. The lowest BCUT2D eigenvalue weighted by molar-refractivity contribution is -0.133. The molecule has 1 fully saturated rings. The third-order valence-electron chi connectivity index (χ3n) is 4.77. The zero-order valence-electron chi connectivity index (χ0n) is 15.6. The van der Waals surface area contributed by atoms with Crippen LogP contribution in [0.1, 0.15) is 24.0 Å². The maximum Gasteiger partial charge on any atom is 0.222 e. The van der Waals surface area contributed by atoms with Crippen LogP contribution in [0.5, 0.6) is 5.75 Å². The van der Waals surface area contributed by atoms with E-state index >= 15 is 0 Å². The molecule has 3 rings (SSSR count). The van der Waals surface area contributed by atoms with Gasteiger partial charge in [-0.3, -0.25) is 9.69 Å². The van der Waals surface area contributed by atoms with Crippen molar-refractivity contribution in [3.05, 3.63) is 65.7 Å². The molecule has 2 aromatic rings. The van der Waals surface area contributed by atoms with Crippen LogP contribution in [0.4, 0.5) is 0 Å². The fourth-order valence-corrected chi connectivity index (χ4v) is 3.27. The number of aryl methyl sites for hydroxylation is 1. The van der Waals surface area contributed by atoms with E-state index in [9.17, 15) is 4.79 Å². The molecule has 0 spiro atoms. The van der Waals surface area contributed by atoms with E-state index < -0.39 is 0 Å². The molecular weight excluding hydrogens is 324 g/mol. The first-order valence-corrected chi connectivity index (χ1v) is 9.44. The van der Waals surface area contributed by atoms with E-state index in [1.165, 1.54) is 11.1 Å². The second-order valence-electron chi connectivity index (χ2n) is 6.91. The number of nitrogens with zero attached hydrogens (tertiary/aromatic N) is 2. The Labute approximate surface area is 156 Å². The van der Waals surface area contributed by atoms with Gasteiger partial charge >= 0.3 is 0 Å². The Morgan fingerprint density at radius 3 is 2.50 bits per heavy atom. The highest BCUT2D eigenvalue weighted by molar-refractivity contribution is 5.76. The second-order valence-corrected chi connectivity index (χ2v) is 6.91. The first-order valence-electron chi connectivity index (χ1n) is 9.44. The van der Waals surface area contributed by atoms with Crippen molar-refractivity contribution in [1.82, 2.24) is 9.80 Å². The molecule has 0 bridgehead atoms. The number of carbonyl (C=O) groups excluding carboxylic acids is 1. The SMILES string of the molecule is Cc1cccc(OCCCC(=O)N2CCN(Cc3ccccc3)CC2)c1. The monoisotopic (exact) mass is 352 g/mol. The van der Waals surface area contributed by atoms with Gasteiger partial charge in [0, 0.05) is 39.1 Å². The van der Waals surface area contributed by atoms with Gasteiger partial charge in [-0.15, -0.1) is 0 Å². The van der Waals surface area contributed by atoms with Gasteiger partial charge < -0.3 is 9.64 Å². The quantitative estimate of drug-likeness (QED) is 0.715. The Kier molecular flexibility index (Phi) is 6.67. The standard InChI is InChI=1S/C22H28N2O2/c1-19-7-5-10-21(17-19)26-16-6-11-22(25)24-14-12-23(13-15-24)18-20-8-3-2-4-9-20/h2-5,7-10,17H,6,11-16,18H2,1H3. The number of piperazine rings is 1. The zero-order valence-corrected chi connectivity index (χ0v) is 15.6. The lowest BCUT2D eigenvalue weighted by atomic mass is 10.2. The number of benzene rings is 2. The number of hydrogen-bond donors (Lipinski definition) is 0. The number of rotatable bonds is 7. The van der Waals surface area contributed by atoms with Crippen molar-refractivity contribution in [2.24, 2.45) is 0 Å². The molecule has 0 atom stereocenters. The lowest BCUT2D eigenvalue weighted by Crippen LogP contribution is -2.48. The molecule has 0 aliphatic carbocycles. The van der Waals surface area contributed by atoms with Gasteiger partial charge in [-0.05, 0) is 36.6 Å². The summed E-state index contributed by atoms with van der Waals surface area (Å²) in [5, 5.41) is 0. The summed E-state index contributed by atoms with van der Waals surface area (Å²) in [5.74, 6) is 1.13. The first kappa shape index (κ1) is 18.5. The largest absolute Gasteiger partial charge is 0.494 e. The van der Waals surface area contributed by atoms with Crippen LogP contribution < -0.4 is 4.74 Å². The van der Waals surface area contributed by atoms with Crippen LogP contribution in [0.2, 0.25) is 0 Å². The molecule has 0 N–H and O–H groups in total. The van der Waals surface area contributed by atoms with Crippen molar-refractivity contribution in [3.8, 4) is 5.75 Å². The van der Waals surface area contributed by atoms with Crippen molar-refractivity contribution in [2.75, 3.05) is 32.8 Å². The third kappa shape index (κ3) is 5.60. The summed E-state index contributed by atoms with van der Waals surface area (Å²) in [4.78, 5) is 16.8. The van der Waals surface area contributed by atoms with E-state index in [1.54, 1.807) is 0 Å². The van der Waals surface area contributed by atoms with E-state index in [1.807, 2.05) is 42.2 Å². The highest BCUT2D eigenvalue weighted by atomic mass is 16.5. The Morgan fingerprint density at radius 1 is 1.00 bits per heavy atom. The zero-order chi connectivity index (χ0) is 18.2. The predicted molar refractivity (Wildman–Crippen MR) is 104 cm³/mol. The number of carbonyl (C=O) groups is 1. The first-order chi connectivity index (χ1) is 12.7. The molecule has 2 aromatic carbocycles. The molecule has 26 heavy (non-hydrogen) atoms. The van der Waals surface area contributed by atoms with Gasteiger partial charge in [-0.25, -0.2) is 0 Å². The smallest absolute Gasteiger partial charge is 0.222 e. The van der Waals surface area contributed by atoms with Gasteiger partial charge in [0.05, 0.1) is 6.61 Å². The van der Waals surface area contributed by atoms with Crippen molar-refractivity contribution in [2.45, 2.75) is 26.3 Å². The molecular formula is C22H28N2O2. The van der Waals surface area contributed by atoms with Crippen LogP contribution in [-0.4, -0.2) is 48.5 Å². The van der Waals surface area contributed by atoms with E-state index in [-0.39, 0.29) is 5.91 Å². The number of amides is 1. The van der Waals surface area contributed by atoms with Gasteiger partial charge in [-0.2, -0.15) is 0 Å². The Hall–Kier alpha value is -2.33. The minimum absolute atomic E-state index is 0.247. The molecule has 4 nitrogen and oxygen atoms in total. The van der Waals surface area contributed by atoms with Crippen LogP contribution in [-0.2, 0) is 11.3 Å². The third-order valence-corrected chi connectivity index (χ3v) is 4.77. The lowest BCUT2D eigenvalue weighted by Gasteiger charge is -2.34. The van der Waals surface area contributed by atoms with Crippen molar-refractivity contribution < 1.29 is 9.53 Å². The van der Waals surface area contributed by atoms with E-state index in [2.05, 4.69) is 29.2 Å². The number of hydrogen-bond acceptors (Lipinski definition) is 3. The Bertz CT molecular complexity index is 694. The van der Waals surface area contributed by atoms with Crippen LogP contribution >= 0.6 is 0 Å². The van der Waals surface area contributed by atoms with Crippen molar-refractivity contribution >= 4 is 5.91 Å². The normalized spacial score (nSPS) is 15.0. The van der Waals surface area contributed by atoms with Gasteiger partial charge in [0.15, 0.2) is 0 Å². The summed E-state index contributed by atoms with van der Waals surface area (Å²) in [6, 6.07) is 18.5. The fraction of sp³-hybridized carbons (Fsp3) is 0.409. The molecule has 0 saturated carbocycles. The molecule has 1 aliphatic heterocycles. The summed E-state index contributed by atoms with van der Waals surface area (Å²) in [5.41, 5.74) is 2.52. The van der Waals surface area contributed by atoms with Crippen LogP contribution in [0, 0.1) is 6.92 Å². The van der Waals surface area contributed by atoms with Crippen LogP contribution in [0.15, 0.2) is 54.6 Å². The van der Waals surface area contributed by atoms with Gasteiger partial charge in [0.25, 0.3) is 0 Å². The molecule has 138 valence electrons. The van der Waals surface area contributed by atoms with Crippen LogP contribution in [0.25, 0.3) is 0 Å². The molecule has 1 heterocycles. The van der Waals surface area contributed by atoms with Gasteiger partial charge in [-0.1, -0.05) is 42.5 Å². The summed E-state index contributed by atoms with van der Waals surface area (Å²) in [7, 11) is 0. The van der Waals surface area contributed by atoms with Crippen molar-refractivity contribution in [3.63, 3.8) is 0 Å². The minimum Gasteiger partial charge on any atom is -0.494 e. The summed E-state index contributed by atoms with van der Waals surface area (Å²) in [6.45, 7) is 7.14. The van der Waals surface area contributed by atoms with Crippen LogP contribution in [0.3, 0.4) is 0 Å². The Balaban J connectivity index is 1.33.